The summed E-state index contributed by atoms with van der Waals surface area (Å²) in [5, 5.41) is 0. The molecule has 2 fully saturated rings. The fraction of sp³-hybridized carbons (Fsp3) is 0.933. The van der Waals surface area contributed by atoms with Gasteiger partial charge in [0.15, 0.2) is 0 Å². The number of carbonyl (C=O) groups is 1. The minimum Gasteiger partial charge on any atom is -0.444 e. The second-order valence-corrected chi connectivity index (χ2v) is 8.07. The van der Waals surface area contributed by atoms with Crippen molar-refractivity contribution in [2.45, 2.75) is 63.0 Å². The van der Waals surface area contributed by atoms with Crippen molar-refractivity contribution in [3.8, 4) is 0 Å². The molecule has 0 aromatic heterocycles. The van der Waals surface area contributed by atoms with E-state index < -0.39 is 5.60 Å². The van der Waals surface area contributed by atoms with Crippen molar-refractivity contribution in [1.82, 2.24) is 4.90 Å². The maximum Gasteiger partial charge on any atom is 0.410 e. The van der Waals surface area contributed by atoms with E-state index in [0.717, 1.165) is 18.9 Å². The van der Waals surface area contributed by atoms with Crippen LogP contribution in [-0.4, -0.2) is 47.2 Å². The van der Waals surface area contributed by atoms with Crippen molar-refractivity contribution in [1.29, 1.82) is 0 Å². The maximum atomic E-state index is 12.0. The van der Waals surface area contributed by atoms with E-state index in [9.17, 15) is 4.79 Å². The second kappa shape index (κ2) is 6.65. The van der Waals surface area contributed by atoms with Crippen LogP contribution >= 0.6 is 15.9 Å². The molecule has 1 saturated carbocycles. The van der Waals surface area contributed by atoms with Gasteiger partial charge in [-0.25, -0.2) is 4.79 Å². The first-order valence-electron chi connectivity index (χ1n) is 7.59. The minimum atomic E-state index is -0.442. The van der Waals surface area contributed by atoms with Crippen LogP contribution in [0.25, 0.3) is 0 Å². The molecular weight excluding hydrogens is 322 g/mol. The molecule has 20 heavy (non-hydrogen) atoms. The van der Waals surface area contributed by atoms with Crippen molar-refractivity contribution < 1.29 is 14.3 Å². The zero-order valence-corrected chi connectivity index (χ0v) is 14.3. The number of likely N-dealkylation sites (tertiary alicyclic amines) is 1. The summed E-state index contributed by atoms with van der Waals surface area (Å²) in [5.74, 6) is 0.868. The quantitative estimate of drug-likeness (QED) is 0.729. The lowest BCUT2D eigenvalue weighted by atomic mass is 9.83. The molecule has 4 nitrogen and oxygen atoms in total. The highest BCUT2D eigenvalue weighted by Crippen LogP contribution is 2.30. The molecule has 1 aliphatic carbocycles. The molecule has 0 radical (unpaired) electrons. The summed E-state index contributed by atoms with van der Waals surface area (Å²) < 4.78 is 11.3. The van der Waals surface area contributed by atoms with Crippen LogP contribution in [0.5, 0.6) is 0 Å². The molecule has 2 unspecified atom stereocenters. The monoisotopic (exact) mass is 347 g/mol. The van der Waals surface area contributed by atoms with Crippen LogP contribution in [0, 0.1) is 5.92 Å². The predicted molar refractivity (Wildman–Crippen MR) is 82.2 cm³/mol. The topological polar surface area (TPSA) is 38.8 Å². The van der Waals surface area contributed by atoms with Crippen molar-refractivity contribution in [3.05, 3.63) is 0 Å². The Kier molecular flexibility index (Phi) is 5.35. The van der Waals surface area contributed by atoms with Crippen molar-refractivity contribution in [2.24, 2.45) is 5.92 Å². The van der Waals surface area contributed by atoms with Gasteiger partial charge in [-0.1, -0.05) is 35.2 Å². The lowest BCUT2D eigenvalue weighted by molar-refractivity contribution is 0.0186. The van der Waals surface area contributed by atoms with E-state index in [0.29, 0.717) is 13.1 Å². The van der Waals surface area contributed by atoms with Crippen molar-refractivity contribution >= 4 is 22.0 Å². The van der Waals surface area contributed by atoms with E-state index >= 15 is 0 Å². The normalized spacial score (nSPS) is 27.5. The van der Waals surface area contributed by atoms with Crippen LogP contribution in [0.2, 0.25) is 0 Å². The number of ether oxygens (including phenoxy) is 2. The highest BCUT2D eigenvalue weighted by molar-refractivity contribution is 9.09. The Morgan fingerprint density at radius 1 is 1.30 bits per heavy atom. The molecule has 1 heterocycles. The highest BCUT2D eigenvalue weighted by Gasteiger charge is 2.36. The van der Waals surface area contributed by atoms with E-state index in [1.165, 1.54) is 19.3 Å². The molecule has 1 saturated heterocycles. The van der Waals surface area contributed by atoms with Gasteiger partial charge in [-0.05, 0) is 33.1 Å². The molecule has 0 bridgehead atoms. The lowest BCUT2D eigenvalue weighted by Crippen LogP contribution is -2.36. The fourth-order valence-corrected chi connectivity index (χ4v) is 3.20. The van der Waals surface area contributed by atoms with E-state index in [1.54, 1.807) is 4.90 Å². The smallest absolute Gasteiger partial charge is 0.410 e. The summed E-state index contributed by atoms with van der Waals surface area (Å²) >= 11 is 3.62. The van der Waals surface area contributed by atoms with Crippen molar-refractivity contribution in [3.63, 3.8) is 0 Å². The zero-order chi connectivity index (χ0) is 14.8. The molecule has 0 spiro atoms. The lowest BCUT2D eigenvalue weighted by Gasteiger charge is -2.26. The van der Waals surface area contributed by atoms with Gasteiger partial charge in [-0.15, -0.1) is 0 Å². The molecule has 1 amide bonds. The van der Waals surface area contributed by atoms with Crippen LogP contribution in [0.15, 0.2) is 0 Å². The van der Waals surface area contributed by atoms with Gasteiger partial charge in [0, 0.05) is 13.2 Å². The van der Waals surface area contributed by atoms with Gasteiger partial charge in [-0.2, -0.15) is 0 Å². The van der Waals surface area contributed by atoms with Gasteiger partial charge in [-0.3, -0.25) is 0 Å². The van der Waals surface area contributed by atoms with E-state index in [1.807, 2.05) is 20.8 Å². The van der Waals surface area contributed by atoms with Crippen LogP contribution in [0.1, 0.15) is 46.5 Å². The molecule has 0 aromatic carbocycles. The van der Waals surface area contributed by atoms with Gasteiger partial charge in [0.25, 0.3) is 0 Å². The fourth-order valence-electron chi connectivity index (χ4n) is 2.53. The molecule has 5 heteroatoms. The number of alkyl halides is 1. The third-order valence-electron chi connectivity index (χ3n) is 3.93. The van der Waals surface area contributed by atoms with Gasteiger partial charge >= 0.3 is 6.09 Å². The van der Waals surface area contributed by atoms with Gasteiger partial charge in [0.1, 0.15) is 5.60 Å². The number of carbonyl (C=O) groups excluding carboxylic acids is 1. The van der Waals surface area contributed by atoms with E-state index in [4.69, 9.17) is 9.47 Å². The first-order valence-corrected chi connectivity index (χ1v) is 8.50. The number of nitrogens with zero attached hydrogens (tertiary/aromatic N) is 1. The Labute approximate surface area is 130 Å². The molecule has 2 aliphatic rings. The average Bonchev–Trinajstić information content (AvgIpc) is 2.62. The molecule has 0 N–H and O–H groups in total. The van der Waals surface area contributed by atoms with Crippen LogP contribution in [0.4, 0.5) is 4.79 Å². The molecular formula is C15H26BrNO3. The van der Waals surface area contributed by atoms with Crippen molar-refractivity contribution in [2.75, 3.05) is 19.7 Å². The molecule has 2 rings (SSSR count). The molecule has 116 valence electrons. The van der Waals surface area contributed by atoms with Gasteiger partial charge < -0.3 is 14.4 Å². The van der Waals surface area contributed by atoms with Crippen LogP contribution in [-0.2, 0) is 9.47 Å². The Balaban J connectivity index is 1.71. The third kappa shape index (κ3) is 4.62. The summed E-state index contributed by atoms with van der Waals surface area (Å²) in [7, 11) is 0. The molecule has 2 atom stereocenters. The zero-order valence-electron chi connectivity index (χ0n) is 12.7. The summed E-state index contributed by atoms with van der Waals surface area (Å²) in [6, 6.07) is 0. The SMILES string of the molecule is CC(C)(C)OC(=O)N1CC(Br)C(OCCC2CCC2)C1. The summed E-state index contributed by atoms with van der Waals surface area (Å²) in [6.45, 7) is 7.75. The predicted octanol–water partition coefficient (Wildman–Crippen LogP) is 3.58. The Morgan fingerprint density at radius 3 is 2.55 bits per heavy atom. The summed E-state index contributed by atoms with van der Waals surface area (Å²) in [6.07, 6.45) is 5.09. The molecule has 0 aromatic rings. The first kappa shape index (κ1) is 16.1. The average molecular weight is 348 g/mol. The summed E-state index contributed by atoms with van der Waals surface area (Å²) in [4.78, 5) is 14.0. The van der Waals surface area contributed by atoms with Crippen LogP contribution < -0.4 is 0 Å². The second-order valence-electron chi connectivity index (χ2n) is 6.90. The number of halogens is 1. The number of amides is 1. The third-order valence-corrected chi connectivity index (χ3v) is 4.81. The number of hydrogen-bond acceptors (Lipinski definition) is 3. The van der Waals surface area contributed by atoms with Crippen LogP contribution in [0.3, 0.4) is 0 Å². The van der Waals surface area contributed by atoms with Gasteiger partial charge in [0.2, 0.25) is 0 Å². The largest absolute Gasteiger partial charge is 0.444 e. The number of rotatable bonds is 4. The Bertz CT molecular complexity index is 339. The Hall–Kier alpha value is -0.290. The first-order chi connectivity index (χ1) is 9.35. The van der Waals surface area contributed by atoms with E-state index in [2.05, 4.69) is 15.9 Å². The maximum absolute atomic E-state index is 12.0. The molecule has 1 aliphatic heterocycles. The number of hydrogen-bond donors (Lipinski definition) is 0. The summed E-state index contributed by atoms with van der Waals surface area (Å²) in [5.41, 5.74) is -0.442. The Morgan fingerprint density at radius 2 is 2.00 bits per heavy atom. The highest BCUT2D eigenvalue weighted by atomic mass is 79.9. The standard InChI is InChI=1S/C15H26BrNO3/c1-15(2,3)20-14(18)17-9-12(16)13(10-17)19-8-7-11-5-4-6-11/h11-13H,4-10H2,1-3H3. The van der Waals surface area contributed by atoms with Gasteiger partial charge in [0.05, 0.1) is 17.5 Å². The minimum absolute atomic E-state index is 0.0857. The van der Waals surface area contributed by atoms with E-state index in [-0.39, 0.29) is 17.0 Å².